The minimum atomic E-state index is -0.972. The summed E-state index contributed by atoms with van der Waals surface area (Å²) in [5.74, 6) is 0.297. The number of hydrogen-bond donors (Lipinski definition) is 3. The van der Waals surface area contributed by atoms with Gasteiger partial charge in [-0.1, -0.05) is 56.3 Å². The van der Waals surface area contributed by atoms with E-state index in [0.29, 0.717) is 12.3 Å². The molecule has 4 heteroatoms. The molecule has 0 amide bonds. The van der Waals surface area contributed by atoms with E-state index < -0.39 is 17.4 Å². The average molecular weight is 251 g/mol. The molecule has 4 nitrogen and oxygen atoms in total. The molecule has 0 bridgehead atoms. The van der Waals surface area contributed by atoms with Crippen LogP contribution >= 0.6 is 0 Å². The van der Waals surface area contributed by atoms with Gasteiger partial charge in [0.15, 0.2) is 6.04 Å². The molecule has 3 unspecified atom stereocenters. The van der Waals surface area contributed by atoms with Crippen LogP contribution in [0.5, 0.6) is 0 Å². The summed E-state index contributed by atoms with van der Waals surface area (Å²) in [5.41, 5.74) is 0.918. The third kappa shape index (κ3) is 4.98. The Balaban J connectivity index is 2.71. The molecule has 0 aliphatic heterocycles. The van der Waals surface area contributed by atoms with E-state index in [1.807, 2.05) is 50.3 Å². The molecule has 0 heterocycles. The fraction of sp³-hybridized carbons (Fsp3) is 0.429. The van der Waals surface area contributed by atoms with Gasteiger partial charge in [0, 0.05) is 6.42 Å². The van der Waals surface area contributed by atoms with Gasteiger partial charge in [-0.3, -0.25) is 0 Å². The highest BCUT2D eigenvalue weighted by Crippen LogP contribution is 2.06. The van der Waals surface area contributed by atoms with Crippen LogP contribution in [-0.2, 0) is 6.42 Å². The lowest BCUT2D eigenvalue weighted by molar-refractivity contribution is -1.07. The zero-order valence-electron chi connectivity index (χ0n) is 10.8. The van der Waals surface area contributed by atoms with E-state index in [9.17, 15) is 15.5 Å². The number of nitrogens with one attached hydrogen (secondary N) is 1. The number of benzene rings is 1. The normalized spacial score (nSPS) is 17.0. The van der Waals surface area contributed by atoms with Gasteiger partial charge in [-0.05, 0) is 11.5 Å². The molecular weight excluding hydrogens is 230 g/mol. The molecule has 0 fully saturated rings. The fourth-order valence-corrected chi connectivity index (χ4v) is 1.69. The van der Waals surface area contributed by atoms with Gasteiger partial charge in [-0.15, -0.1) is 0 Å². The molecule has 0 aromatic heterocycles. The third-order valence-corrected chi connectivity index (χ3v) is 2.72. The molecule has 18 heavy (non-hydrogen) atoms. The average Bonchev–Trinajstić information content (AvgIpc) is 2.34. The van der Waals surface area contributed by atoms with Gasteiger partial charge in [0.25, 0.3) is 0 Å². The van der Waals surface area contributed by atoms with Crippen LogP contribution in [0.1, 0.15) is 19.4 Å². The maximum absolute atomic E-state index is 11.2. The van der Waals surface area contributed by atoms with E-state index in [2.05, 4.69) is 0 Å². The molecule has 0 saturated heterocycles. The lowest BCUT2D eigenvalue weighted by atomic mass is 10.0. The molecule has 0 saturated carbocycles. The second-order valence-electron chi connectivity index (χ2n) is 4.75. The molecular formula is C14H21NO3. The predicted molar refractivity (Wildman–Crippen MR) is 70.0 cm³/mol. The quantitative estimate of drug-likeness (QED) is 0.521. The van der Waals surface area contributed by atoms with Gasteiger partial charge in [0.1, 0.15) is 6.10 Å². The molecule has 3 atom stereocenters. The number of aliphatic hydroxyl groups is 1. The van der Waals surface area contributed by atoms with Gasteiger partial charge >= 0.3 is 0 Å². The van der Waals surface area contributed by atoms with Crippen LogP contribution in [0.3, 0.4) is 0 Å². The number of allylic oxidation sites excluding steroid dienone is 1. The molecule has 1 aromatic carbocycles. The first-order valence-electron chi connectivity index (χ1n) is 6.14. The minimum Gasteiger partial charge on any atom is -0.600 e. The SMILES string of the molecule is CC(C)C=CC(O)C(Cc1ccccc1)[NH+]([O-])O. The van der Waals surface area contributed by atoms with Crippen molar-refractivity contribution in [1.82, 2.24) is 0 Å². The monoisotopic (exact) mass is 251 g/mol. The number of hydroxylamine groups is 2. The summed E-state index contributed by atoms with van der Waals surface area (Å²) in [4.78, 5) is 0. The summed E-state index contributed by atoms with van der Waals surface area (Å²) >= 11 is 0. The van der Waals surface area contributed by atoms with Crippen LogP contribution in [0.4, 0.5) is 0 Å². The topological polar surface area (TPSA) is 68.0 Å². The van der Waals surface area contributed by atoms with Crippen LogP contribution in [0.25, 0.3) is 0 Å². The molecule has 1 aromatic rings. The van der Waals surface area contributed by atoms with Crippen molar-refractivity contribution in [2.45, 2.75) is 32.4 Å². The van der Waals surface area contributed by atoms with Crippen LogP contribution in [-0.4, -0.2) is 22.5 Å². The standard InChI is InChI=1S/C14H21NO3/c1-11(2)8-9-14(16)13(15(17)18)10-12-6-4-3-5-7-12/h3-9,11,13-17H,10H2,1-2H3. The maximum Gasteiger partial charge on any atom is 0.151 e. The Labute approximate surface area is 108 Å². The summed E-state index contributed by atoms with van der Waals surface area (Å²) in [7, 11) is 0. The van der Waals surface area contributed by atoms with E-state index in [-0.39, 0.29) is 0 Å². The lowest BCUT2D eigenvalue weighted by Gasteiger charge is -2.27. The van der Waals surface area contributed by atoms with Crippen LogP contribution in [0, 0.1) is 11.1 Å². The molecule has 0 aliphatic rings. The largest absolute Gasteiger partial charge is 0.600 e. The van der Waals surface area contributed by atoms with Crippen molar-refractivity contribution in [1.29, 1.82) is 0 Å². The Morgan fingerprint density at radius 1 is 1.22 bits per heavy atom. The Morgan fingerprint density at radius 2 is 1.83 bits per heavy atom. The summed E-state index contributed by atoms with van der Waals surface area (Å²) in [5, 5.41) is 29.3. The summed E-state index contributed by atoms with van der Waals surface area (Å²) < 4.78 is 0. The first-order chi connectivity index (χ1) is 8.50. The summed E-state index contributed by atoms with van der Waals surface area (Å²) in [6.07, 6.45) is 2.78. The van der Waals surface area contributed by atoms with Gasteiger partial charge in [0.2, 0.25) is 0 Å². The van der Waals surface area contributed by atoms with Crippen molar-refractivity contribution in [3.63, 3.8) is 0 Å². The lowest BCUT2D eigenvalue weighted by Crippen LogP contribution is -3.10. The Morgan fingerprint density at radius 3 is 2.33 bits per heavy atom. The smallest absolute Gasteiger partial charge is 0.151 e. The van der Waals surface area contributed by atoms with E-state index in [1.165, 1.54) is 0 Å². The zero-order valence-corrected chi connectivity index (χ0v) is 10.8. The number of rotatable bonds is 6. The number of aliphatic hydroxyl groups excluding tert-OH is 1. The Kier molecular flexibility index (Phi) is 6.01. The zero-order chi connectivity index (χ0) is 13.5. The molecule has 0 spiro atoms. The number of quaternary nitrogens is 1. The Hall–Kier alpha value is -1.20. The molecule has 0 radical (unpaired) electrons. The van der Waals surface area contributed by atoms with Crippen molar-refractivity contribution in [2.24, 2.45) is 5.92 Å². The van der Waals surface area contributed by atoms with Crippen molar-refractivity contribution in [3.05, 3.63) is 53.3 Å². The van der Waals surface area contributed by atoms with Crippen LogP contribution in [0.15, 0.2) is 42.5 Å². The fourth-order valence-electron chi connectivity index (χ4n) is 1.69. The first-order valence-corrected chi connectivity index (χ1v) is 6.14. The van der Waals surface area contributed by atoms with Crippen LogP contribution < -0.4 is 5.23 Å². The minimum absolute atomic E-state index is 0.297. The maximum atomic E-state index is 11.2. The first kappa shape index (κ1) is 14.9. The third-order valence-electron chi connectivity index (χ3n) is 2.72. The molecule has 3 N–H and O–H groups in total. The van der Waals surface area contributed by atoms with E-state index in [1.54, 1.807) is 6.08 Å². The summed E-state index contributed by atoms with van der Waals surface area (Å²) in [6.45, 7) is 3.96. The Bertz CT molecular complexity index is 363. The molecule has 1 rings (SSSR count). The second-order valence-corrected chi connectivity index (χ2v) is 4.75. The van der Waals surface area contributed by atoms with Crippen molar-refractivity contribution in [3.8, 4) is 0 Å². The van der Waals surface area contributed by atoms with Crippen LogP contribution in [0.2, 0.25) is 0 Å². The second kappa shape index (κ2) is 7.28. The van der Waals surface area contributed by atoms with E-state index in [4.69, 9.17) is 0 Å². The van der Waals surface area contributed by atoms with Crippen molar-refractivity contribution in [2.75, 3.05) is 0 Å². The highest BCUT2D eigenvalue weighted by Gasteiger charge is 2.23. The molecule has 100 valence electrons. The highest BCUT2D eigenvalue weighted by atomic mass is 16.8. The highest BCUT2D eigenvalue weighted by molar-refractivity contribution is 5.16. The van der Waals surface area contributed by atoms with E-state index >= 15 is 0 Å². The van der Waals surface area contributed by atoms with E-state index in [0.717, 1.165) is 5.56 Å². The molecule has 0 aliphatic carbocycles. The van der Waals surface area contributed by atoms with Crippen molar-refractivity contribution < 1.29 is 15.5 Å². The number of hydrogen-bond acceptors (Lipinski definition) is 3. The van der Waals surface area contributed by atoms with Gasteiger partial charge < -0.3 is 10.3 Å². The van der Waals surface area contributed by atoms with Crippen molar-refractivity contribution >= 4 is 0 Å². The van der Waals surface area contributed by atoms with Gasteiger partial charge in [-0.2, -0.15) is 0 Å². The van der Waals surface area contributed by atoms with Gasteiger partial charge in [-0.25, -0.2) is 10.4 Å². The predicted octanol–water partition coefficient (Wildman–Crippen LogP) is 0.943. The van der Waals surface area contributed by atoms with Gasteiger partial charge in [0.05, 0.1) is 0 Å². The summed E-state index contributed by atoms with van der Waals surface area (Å²) in [6, 6.07) is 8.55.